The normalized spacial score (nSPS) is 12.4. The number of hydrogen-bond donors (Lipinski definition) is 0. The van der Waals surface area contributed by atoms with Gasteiger partial charge in [-0.25, -0.2) is 4.70 Å². The second-order valence-corrected chi connectivity index (χ2v) is 23.4. The molecule has 414 valence electrons. The van der Waals surface area contributed by atoms with Crippen molar-refractivity contribution in [1.29, 1.82) is 0 Å². The molecule has 5 rings (SSSR count). The number of rotatable bonds is 35. The monoisotopic (exact) mass is 1060 g/mol. The van der Waals surface area contributed by atoms with E-state index in [9.17, 15) is 5.53 Å². The Morgan fingerprint density at radius 3 is 1.13 bits per heavy atom. The number of hydrogen-bond acceptors (Lipinski definition) is 0. The molecule has 0 saturated carbocycles. The molecule has 0 spiro atoms. The third-order valence-electron chi connectivity index (χ3n) is 15.2. The van der Waals surface area contributed by atoms with Gasteiger partial charge < -0.3 is 5.53 Å². The molecule has 0 aliphatic carbocycles. The van der Waals surface area contributed by atoms with Crippen molar-refractivity contribution in [2.45, 2.75) is 275 Å². The summed E-state index contributed by atoms with van der Waals surface area (Å²) in [7, 11) is 0. The molecule has 0 aromatic heterocycles. The molecule has 0 unspecified atom stereocenters. The molecular formula is C72H106N2Ni. The molecule has 1 heterocycles. The Labute approximate surface area is 468 Å². The molecule has 3 heteroatoms. The van der Waals surface area contributed by atoms with Crippen LogP contribution >= 0.6 is 0 Å². The van der Waals surface area contributed by atoms with E-state index in [1.54, 1.807) is 30.3 Å². The van der Waals surface area contributed by atoms with Crippen LogP contribution in [0.2, 0.25) is 0 Å². The van der Waals surface area contributed by atoms with E-state index in [0.717, 1.165) is 81.2 Å². The molecule has 4 aromatic carbocycles. The van der Waals surface area contributed by atoms with Crippen molar-refractivity contribution in [3.8, 4) is 11.8 Å². The van der Waals surface area contributed by atoms with E-state index in [1.165, 1.54) is 200 Å². The Morgan fingerprint density at radius 1 is 0.387 bits per heavy atom. The van der Waals surface area contributed by atoms with Gasteiger partial charge in [-0.1, -0.05) is 170 Å². The van der Waals surface area contributed by atoms with Gasteiger partial charge in [-0.05, 0) is 154 Å². The van der Waals surface area contributed by atoms with Gasteiger partial charge in [0, 0.05) is 23.1 Å². The maximum absolute atomic E-state index is 13.0. The number of benzene rings is 4. The number of unbranched alkanes of at least 4 members (excludes halogenated alkanes) is 17. The predicted octanol–water partition coefficient (Wildman–Crippen LogP) is 20.8. The van der Waals surface area contributed by atoms with Gasteiger partial charge in [0.2, 0.25) is 11.4 Å². The first kappa shape index (κ1) is 63.5. The molecule has 0 bridgehead atoms. The SMILES string of the molecule is CCCCCCCCC#CC1=C(c2cc(CCCC)c(CCCC)c(CCCC)c2)[N+](=[N-])C(c2cc(CCCC)c(CCCC)c(CCCC)c2)=C1CCCCCCCC.Cc1cc[c]([Ni][c]2ccc(C)cc2)cc1. The summed E-state index contributed by atoms with van der Waals surface area (Å²) < 4.78 is 4.29. The summed E-state index contributed by atoms with van der Waals surface area (Å²) in [5.41, 5.74) is 31.6. The molecule has 0 atom stereocenters. The van der Waals surface area contributed by atoms with Crippen LogP contribution in [0.3, 0.4) is 0 Å². The van der Waals surface area contributed by atoms with Crippen LogP contribution in [-0.4, -0.2) is 4.70 Å². The van der Waals surface area contributed by atoms with Crippen LogP contribution in [0, 0.1) is 25.7 Å². The maximum atomic E-state index is 13.0. The van der Waals surface area contributed by atoms with Crippen molar-refractivity contribution >= 4 is 20.5 Å². The molecule has 0 amide bonds. The molecule has 0 N–H and O–H groups in total. The van der Waals surface area contributed by atoms with Crippen molar-refractivity contribution < 1.29 is 19.1 Å². The van der Waals surface area contributed by atoms with Crippen LogP contribution in [0.25, 0.3) is 16.9 Å². The Bertz CT molecular complexity index is 2280. The first-order valence-electron chi connectivity index (χ1n) is 31.2. The molecule has 0 fully saturated rings. The van der Waals surface area contributed by atoms with Crippen LogP contribution in [-0.2, 0) is 53.0 Å². The van der Waals surface area contributed by atoms with Crippen molar-refractivity contribution in [1.82, 2.24) is 0 Å². The van der Waals surface area contributed by atoms with E-state index in [4.69, 9.17) is 0 Å². The fourth-order valence-corrected chi connectivity index (χ4v) is 11.6. The van der Waals surface area contributed by atoms with Crippen LogP contribution in [0.5, 0.6) is 0 Å². The van der Waals surface area contributed by atoms with E-state index < -0.39 is 0 Å². The molecular weight excluding hydrogens is 951 g/mol. The molecule has 1 aliphatic rings. The van der Waals surface area contributed by atoms with Gasteiger partial charge in [-0.3, -0.25) is 0 Å². The third-order valence-corrected chi connectivity index (χ3v) is 16.5. The zero-order valence-electron chi connectivity index (χ0n) is 49.8. The average molecular weight is 1060 g/mol. The summed E-state index contributed by atoms with van der Waals surface area (Å²) in [6.07, 6.45) is 38.3. The third kappa shape index (κ3) is 21.8. The summed E-state index contributed by atoms with van der Waals surface area (Å²) in [5, 5.41) is 0. The first-order valence-corrected chi connectivity index (χ1v) is 32.1. The van der Waals surface area contributed by atoms with E-state index in [-0.39, 0.29) is 0 Å². The summed E-state index contributed by atoms with van der Waals surface area (Å²) in [4.78, 5) is 0. The molecule has 1 aliphatic heterocycles. The predicted molar refractivity (Wildman–Crippen MR) is 327 cm³/mol. The quantitative estimate of drug-likeness (QED) is 0.0190. The Morgan fingerprint density at radius 2 is 0.733 bits per heavy atom. The molecule has 0 radical (unpaired) electrons. The van der Waals surface area contributed by atoms with Crippen LogP contribution in [0.4, 0.5) is 0 Å². The van der Waals surface area contributed by atoms with E-state index in [1.807, 2.05) is 0 Å². The minimum atomic E-state index is 0.919. The topological polar surface area (TPSA) is 25.3 Å². The van der Waals surface area contributed by atoms with Crippen LogP contribution in [0.15, 0.2) is 83.9 Å². The van der Waals surface area contributed by atoms with Gasteiger partial charge in [0.1, 0.15) is 5.57 Å². The van der Waals surface area contributed by atoms with E-state index >= 15 is 0 Å². The van der Waals surface area contributed by atoms with Crippen LogP contribution in [0.1, 0.15) is 278 Å². The van der Waals surface area contributed by atoms with E-state index in [2.05, 4.69) is 154 Å². The van der Waals surface area contributed by atoms with Gasteiger partial charge >= 0.3 is 97.0 Å². The fourth-order valence-electron chi connectivity index (χ4n) is 10.6. The van der Waals surface area contributed by atoms with Crippen molar-refractivity contribution in [3.63, 3.8) is 0 Å². The van der Waals surface area contributed by atoms with Gasteiger partial charge in [0.15, 0.2) is 0 Å². The summed E-state index contributed by atoms with van der Waals surface area (Å²) in [6.45, 7) is 22.8. The van der Waals surface area contributed by atoms with Gasteiger partial charge in [-0.15, -0.1) is 0 Å². The molecule has 2 nitrogen and oxygen atoms in total. The Balaban J connectivity index is 0.000000686. The van der Waals surface area contributed by atoms with Crippen LogP contribution < -0.4 is 9.07 Å². The summed E-state index contributed by atoms with van der Waals surface area (Å²) >= 11 is 1.61. The Kier molecular flexibility index (Phi) is 32.0. The second-order valence-electron chi connectivity index (χ2n) is 22.0. The Hall–Kier alpha value is -3.99. The minimum absolute atomic E-state index is 0.919. The van der Waals surface area contributed by atoms with Crippen molar-refractivity contribution in [2.24, 2.45) is 0 Å². The van der Waals surface area contributed by atoms with Crippen molar-refractivity contribution in [2.75, 3.05) is 0 Å². The zero-order valence-corrected chi connectivity index (χ0v) is 50.8. The number of nitrogens with zero attached hydrogens (tertiary/aromatic N) is 2. The van der Waals surface area contributed by atoms with Crippen molar-refractivity contribution in [3.05, 3.63) is 145 Å². The standard InChI is InChI=1S/C58H92N2.2C7H7.Ni/c1-9-17-25-27-29-30-32-34-42-56-55(41-33-31-28-26-18-10-2)57(51-43-47(35-19-11-3)53(39-23-15-7)48(44-51)36-20-12-4)60(59)58(56)52-45-49(37-21-13-5)54(40-24-16-8)50(46-52)38-22-14-6;2*1-7-5-3-2-4-6-7;/h43-46H,9-33,35-41H2,1-8H3;2*3-6H,1H3;. The van der Waals surface area contributed by atoms with Gasteiger partial charge in [-0.2, -0.15) is 0 Å². The zero-order chi connectivity index (χ0) is 54.0. The molecule has 4 aromatic rings. The molecule has 75 heavy (non-hydrogen) atoms. The second kappa shape index (κ2) is 37.7. The van der Waals surface area contributed by atoms with Gasteiger partial charge in [0.25, 0.3) is 0 Å². The summed E-state index contributed by atoms with van der Waals surface area (Å²) in [5.74, 6) is 7.58. The summed E-state index contributed by atoms with van der Waals surface area (Å²) in [6, 6.07) is 27.3. The van der Waals surface area contributed by atoms with E-state index in [0.29, 0.717) is 0 Å². The molecule has 0 saturated heterocycles. The fraction of sp³-hybridized carbons (Fsp3) is 0.583. The average Bonchev–Trinajstić information content (AvgIpc) is 3.70. The van der Waals surface area contributed by atoms with Gasteiger partial charge in [0.05, 0.1) is 0 Å². The number of aryl methyl sites for hydroxylation is 6. The first-order chi connectivity index (χ1) is 36.7. The number of allylic oxidation sites excluding steroid dienone is 2.